The maximum atomic E-state index is 4.25. The van der Waals surface area contributed by atoms with Crippen molar-refractivity contribution < 1.29 is 0 Å². The Morgan fingerprint density at radius 2 is 2.12 bits per heavy atom. The third-order valence-corrected chi connectivity index (χ3v) is 4.38. The van der Waals surface area contributed by atoms with Crippen LogP contribution < -0.4 is 0 Å². The summed E-state index contributed by atoms with van der Waals surface area (Å²) in [4.78, 5) is 6.74. The minimum absolute atomic E-state index is 0.282. The molecule has 17 heavy (non-hydrogen) atoms. The second-order valence-electron chi connectivity index (χ2n) is 6.81. The summed E-state index contributed by atoms with van der Waals surface area (Å²) in [5, 5.41) is 4.25. The zero-order valence-electron chi connectivity index (χ0n) is 11.2. The Kier molecular flexibility index (Phi) is 2.18. The highest BCUT2D eigenvalue weighted by Crippen LogP contribution is 2.61. The third kappa shape index (κ3) is 1.69. The number of aromatic nitrogens is 3. The second-order valence-corrected chi connectivity index (χ2v) is 6.81. The van der Waals surface area contributed by atoms with E-state index in [-0.39, 0.29) is 5.54 Å². The van der Waals surface area contributed by atoms with Crippen LogP contribution in [0.3, 0.4) is 0 Å². The molecule has 3 rings (SSSR count). The number of likely N-dealkylation sites (tertiary alicyclic amines) is 1. The van der Waals surface area contributed by atoms with E-state index >= 15 is 0 Å². The molecule has 0 N–H and O–H groups in total. The summed E-state index contributed by atoms with van der Waals surface area (Å²) in [6, 6.07) is 1.44. The summed E-state index contributed by atoms with van der Waals surface area (Å²) in [6.45, 7) is 10.4. The predicted octanol–water partition coefficient (Wildman–Crippen LogP) is 1.93. The average molecular weight is 234 g/mol. The van der Waals surface area contributed by atoms with Crippen molar-refractivity contribution in [1.82, 2.24) is 19.7 Å². The molecule has 1 aliphatic heterocycles. The maximum absolute atomic E-state index is 4.25. The van der Waals surface area contributed by atoms with E-state index in [1.54, 1.807) is 6.33 Å². The molecule has 3 atom stereocenters. The summed E-state index contributed by atoms with van der Waals surface area (Å²) in [6.07, 6.45) is 6.10. The normalized spacial score (nSPS) is 37.2. The zero-order valence-corrected chi connectivity index (χ0v) is 11.2. The molecule has 0 aromatic carbocycles. The molecule has 2 heterocycles. The highest BCUT2D eigenvalue weighted by atomic mass is 15.4. The van der Waals surface area contributed by atoms with E-state index in [2.05, 4.69) is 42.7 Å². The monoisotopic (exact) mass is 234 g/mol. The van der Waals surface area contributed by atoms with Gasteiger partial charge in [-0.3, -0.25) is 9.58 Å². The Bertz CT molecular complexity index is 406. The highest BCUT2D eigenvalue weighted by Gasteiger charge is 2.65. The van der Waals surface area contributed by atoms with Gasteiger partial charge in [0.25, 0.3) is 0 Å². The molecular weight excluding hydrogens is 212 g/mol. The number of hydrogen-bond donors (Lipinski definition) is 0. The molecule has 0 bridgehead atoms. The van der Waals surface area contributed by atoms with Gasteiger partial charge in [-0.1, -0.05) is 0 Å². The summed E-state index contributed by atoms with van der Waals surface area (Å²) in [5.41, 5.74) is 0.755. The minimum atomic E-state index is 0.282. The fraction of sp³-hybridized carbons (Fsp3) is 0.846. The molecule has 94 valence electrons. The van der Waals surface area contributed by atoms with Gasteiger partial charge in [-0.2, -0.15) is 5.10 Å². The lowest BCUT2D eigenvalue weighted by atomic mass is 9.99. The molecular formula is C13H22N4. The van der Waals surface area contributed by atoms with Gasteiger partial charge < -0.3 is 0 Å². The van der Waals surface area contributed by atoms with Crippen molar-refractivity contribution in [3.63, 3.8) is 0 Å². The molecule has 1 aromatic heterocycles. The number of piperidine rings is 1. The fourth-order valence-electron chi connectivity index (χ4n) is 3.93. The van der Waals surface area contributed by atoms with Crippen molar-refractivity contribution in [3.8, 4) is 0 Å². The standard InChI is InChI=1S/C13H22N4/c1-10-5-13(7-16-9-14-8-15-16)6-11(13)17(10)12(2,3)4/h8-11H,5-7H2,1-4H3/t10-,11-,13+/m1/s1. The van der Waals surface area contributed by atoms with Crippen molar-refractivity contribution in [2.45, 2.75) is 64.7 Å². The van der Waals surface area contributed by atoms with E-state index in [0.29, 0.717) is 11.5 Å². The van der Waals surface area contributed by atoms with E-state index in [1.807, 2.05) is 11.0 Å². The Hall–Kier alpha value is -0.900. The Balaban J connectivity index is 1.77. The average Bonchev–Trinajstić information content (AvgIpc) is 2.61. The van der Waals surface area contributed by atoms with E-state index < -0.39 is 0 Å². The first-order valence-corrected chi connectivity index (χ1v) is 6.53. The van der Waals surface area contributed by atoms with Gasteiger partial charge in [0.1, 0.15) is 12.7 Å². The molecule has 0 unspecified atom stereocenters. The predicted molar refractivity (Wildman–Crippen MR) is 66.5 cm³/mol. The first-order chi connectivity index (χ1) is 7.92. The van der Waals surface area contributed by atoms with Crippen molar-refractivity contribution in [3.05, 3.63) is 12.7 Å². The van der Waals surface area contributed by atoms with Crippen LogP contribution >= 0.6 is 0 Å². The quantitative estimate of drug-likeness (QED) is 0.784. The van der Waals surface area contributed by atoms with Gasteiger partial charge in [0, 0.05) is 29.6 Å². The van der Waals surface area contributed by atoms with Crippen molar-refractivity contribution >= 4 is 0 Å². The van der Waals surface area contributed by atoms with Crippen LogP contribution in [0.1, 0.15) is 40.5 Å². The Labute approximate surface area is 103 Å². The van der Waals surface area contributed by atoms with Crippen LogP contribution in [0.2, 0.25) is 0 Å². The molecule has 4 heteroatoms. The van der Waals surface area contributed by atoms with Crippen molar-refractivity contribution in [2.75, 3.05) is 0 Å². The molecule has 0 spiro atoms. The summed E-state index contributed by atoms with van der Waals surface area (Å²) < 4.78 is 2.00. The van der Waals surface area contributed by atoms with Crippen LogP contribution in [0, 0.1) is 5.41 Å². The third-order valence-electron chi connectivity index (χ3n) is 4.38. The Morgan fingerprint density at radius 3 is 2.65 bits per heavy atom. The molecule has 1 saturated heterocycles. The SMILES string of the molecule is C[C@@H]1C[C@@]2(Cn3cncn3)C[C@H]2N1C(C)(C)C. The van der Waals surface area contributed by atoms with E-state index in [4.69, 9.17) is 0 Å². The summed E-state index contributed by atoms with van der Waals surface area (Å²) in [5.74, 6) is 0. The van der Waals surface area contributed by atoms with Gasteiger partial charge in [0.2, 0.25) is 0 Å². The van der Waals surface area contributed by atoms with Crippen LogP contribution in [0.25, 0.3) is 0 Å². The lowest BCUT2D eigenvalue weighted by Crippen LogP contribution is -2.45. The fourth-order valence-corrected chi connectivity index (χ4v) is 3.93. The molecule has 1 saturated carbocycles. The summed E-state index contributed by atoms with van der Waals surface area (Å²) in [7, 11) is 0. The smallest absolute Gasteiger partial charge is 0.137 e. The summed E-state index contributed by atoms with van der Waals surface area (Å²) >= 11 is 0. The van der Waals surface area contributed by atoms with Crippen LogP contribution in [-0.4, -0.2) is 37.3 Å². The lowest BCUT2D eigenvalue weighted by Gasteiger charge is -2.37. The molecule has 2 aliphatic rings. The van der Waals surface area contributed by atoms with Crippen LogP contribution in [0.4, 0.5) is 0 Å². The largest absolute Gasteiger partial charge is 0.292 e. The van der Waals surface area contributed by atoms with Gasteiger partial charge in [-0.05, 0) is 40.5 Å². The second kappa shape index (κ2) is 3.31. The highest BCUT2D eigenvalue weighted by molar-refractivity contribution is 5.17. The molecule has 0 radical (unpaired) electrons. The zero-order chi connectivity index (χ0) is 12.3. The molecule has 1 aromatic rings. The topological polar surface area (TPSA) is 34.0 Å². The van der Waals surface area contributed by atoms with Crippen molar-refractivity contribution in [2.24, 2.45) is 5.41 Å². The molecule has 4 nitrogen and oxygen atoms in total. The number of fused-ring (bicyclic) bond motifs is 1. The first kappa shape index (κ1) is 11.2. The van der Waals surface area contributed by atoms with Crippen LogP contribution in [-0.2, 0) is 6.54 Å². The van der Waals surface area contributed by atoms with Crippen LogP contribution in [0.15, 0.2) is 12.7 Å². The van der Waals surface area contributed by atoms with Gasteiger partial charge in [-0.15, -0.1) is 0 Å². The number of nitrogens with zero attached hydrogens (tertiary/aromatic N) is 4. The maximum Gasteiger partial charge on any atom is 0.137 e. The van der Waals surface area contributed by atoms with Crippen molar-refractivity contribution in [1.29, 1.82) is 0 Å². The first-order valence-electron chi connectivity index (χ1n) is 6.53. The molecule has 0 amide bonds. The van der Waals surface area contributed by atoms with Gasteiger partial charge in [-0.25, -0.2) is 4.98 Å². The van der Waals surface area contributed by atoms with E-state index in [9.17, 15) is 0 Å². The van der Waals surface area contributed by atoms with E-state index in [0.717, 1.165) is 12.6 Å². The van der Waals surface area contributed by atoms with E-state index in [1.165, 1.54) is 12.8 Å². The minimum Gasteiger partial charge on any atom is -0.292 e. The van der Waals surface area contributed by atoms with Crippen LogP contribution in [0.5, 0.6) is 0 Å². The van der Waals surface area contributed by atoms with Gasteiger partial charge in [0.05, 0.1) is 0 Å². The number of rotatable bonds is 2. The van der Waals surface area contributed by atoms with Gasteiger partial charge >= 0.3 is 0 Å². The Morgan fingerprint density at radius 1 is 1.35 bits per heavy atom. The molecule has 1 aliphatic carbocycles. The number of hydrogen-bond acceptors (Lipinski definition) is 3. The van der Waals surface area contributed by atoms with Gasteiger partial charge in [0.15, 0.2) is 0 Å². The molecule has 2 fully saturated rings. The lowest BCUT2D eigenvalue weighted by molar-refractivity contribution is 0.104.